The van der Waals surface area contributed by atoms with Gasteiger partial charge >= 0.3 is 0 Å². The Kier molecular flexibility index (Phi) is 11.0. The molecule has 0 N–H and O–H groups in total. The molecule has 1 aliphatic rings. The highest BCUT2D eigenvalue weighted by atomic mass is 32.1. The summed E-state index contributed by atoms with van der Waals surface area (Å²) in [4.78, 5) is 17.5. The van der Waals surface area contributed by atoms with Crippen LogP contribution in [0.5, 0.6) is 23.0 Å². The second kappa shape index (κ2) is 15.8. The lowest BCUT2D eigenvalue weighted by molar-refractivity contribution is -0.130. The summed E-state index contributed by atoms with van der Waals surface area (Å²) in [6, 6.07) is 24.3. The number of aryl methyl sites for hydroxylation is 2. The number of ether oxygens (including phenoxy) is 4. The van der Waals surface area contributed by atoms with Gasteiger partial charge in [0, 0.05) is 24.5 Å². The minimum absolute atomic E-state index is 0.111. The van der Waals surface area contributed by atoms with Crippen LogP contribution in [-0.4, -0.2) is 49.0 Å². The van der Waals surface area contributed by atoms with E-state index in [4.69, 9.17) is 29.0 Å². The third-order valence-corrected chi connectivity index (χ3v) is 10.3. The van der Waals surface area contributed by atoms with E-state index in [1.807, 2.05) is 43.3 Å². The molecule has 0 bridgehead atoms. The summed E-state index contributed by atoms with van der Waals surface area (Å²) in [7, 11) is 3.32. The van der Waals surface area contributed by atoms with E-state index >= 15 is 0 Å². The van der Waals surface area contributed by atoms with Crippen LogP contribution in [0.4, 0.5) is 0 Å². The van der Waals surface area contributed by atoms with Crippen molar-refractivity contribution in [1.29, 1.82) is 0 Å². The maximum absolute atomic E-state index is 12.7. The van der Waals surface area contributed by atoms with Crippen LogP contribution in [0.2, 0.25) is 0 Å². The van der Waals surface area contributed by atoms with Crippen molar-refractivity contribution in [2.75, 3.05) is 27.4 Å². The van der Waals surface area contributed by atoms with Crippen LogP contribution in [0.3, 0.4) is 0 Å². The molecule has 260 valence electrons. The van der Waals surface area contributed by atoms with Gasteiger partial charge in [-0.2, -0.15) is 5.10 Å². The Labute approximate surface area is 298 Å². The zero-order chi connectivity index (χ0) is 35.2. The summed E-state index contributed by atoms with van der Waals surface area (Å²) in [5.74, 6) is 2.96. The van der Waals surface area contributed by atoms with Crippen LogP contribution in [0.25, 0.3) is 20.8 Å². The lowest BCUT2D eigenvalue weighted by Crippen LogP contribution is -2.24. The zero-order valence-corrected chi connectivity index (χ0v) is 30.6. The van der Waals surface area contributed by atoms with Gasteiger partial charge in [-0.15, -0.1) is 11.3 Å². The first-order chi connectivity index (χ1) is 24.2. The Morgan fingerprint density at radius 2 is 1.48 bits per heavy atom. The first-order valence-corrected chi connectivity index (χ1v) is 18.0. The fourth-order valence-electron chi connectivity index (χ4n) is 6.32. The molecular weight excluding hydrogens is 647 g/mol. The van der Waals surface area contributed by atoms with Crippen LogP contribution < -0.4 is 18.9 Å². The molecule has 0 aliphatic carbocycles. The maximum atomic E-state index is 12.7. The summed E-state index contributed by atoms with van der Waals surface area (Å²) in [6.45, 7) is 8.98. The number of aromatic nitrogens is 1. The topological polar surface area (TPSA) is 82.5 Å². The Morgan fingerprint density at radius 3 is 2.18 bits per heavy atom. The van der Waals surface area contributed by atoms with Gasteiger partial charge in [0.1, 0.15) is 16.5 Å². The SMILES string of the molecule is COc1ccc(C2CC(c3cc(C)c(C)c(OC)c3)=NN2C(C)=O)cc1OCCCCCCOc1ccc(-c2nc3ccccc3s2)cc1C. The molecular formula is C41H45N3O5S. The molecule has 1 aromatic heterocycles. The Bertz CT molecular complexity index is 1990. The molecule has 1 amide bonds. The number of amides is 1. The number of thiazole rings is 1. The molecule has 1 unspecified atom stereocenters. The number of hydrogen-bond donors (Lipinski definition) is 0. The second-order valence-electron chi connectivity index (χ2n) is 12.7. The smallest absolute Gasteiger partial charge is 0.240 e. The lowest BCUT2D eigenvalue weighted by Gasteiger charge is -2.22. The molecule has 50 heavy (non-hydrogen) atoms. The number of methoxy groups -OCH3 is 2. The summed E-state index contributed by atoms with van der Waals surface area (Å²) in [6.07, 6.45) is 4.54. The molecule has 9 heteroatoms. The first kappa shape index (κ1) is 35.0. The van der Waals surface area contributed by atoms with Crippen LogP contribution in [0, 0.1) is 20.8 Å². The van der Waals surface area contributed by atoms with Crippen LogP contribution in [0.1, 0.15) is 72.9 Å². The minimum Gasteiger partial charge on any atom is -0.496 e. The summed E-state index contributed by atoms with van der Waals surface area (Å²) in [5, 5.41) is 7.36. The van der Waals surface area contributed by atoms with Gasteiger partial charge in [-0.05, 0) is 123 Å². The van der Waals surface area contributed by atoms with Crippen molar-refractivity contribution in [3.8, 4) is 33.6 Å². The summed E-state index contributed by atoms with van der Waals surface area (Å²) >= 11 is 1.71. The molecule has 0 saturated heterocycles. The number of nitrogens with zero attached hydrogens (tertiary/aromatic N) is 3. The van der Waals surface area contributed by atoms with Crippen molar-refractivity contribution in [2.24, 2.45) is 5.10 Å². The van der Waals surface area contributed by atoms with Crippen molar-refractivity contribution in [2.45, 2.75) is 65.8 Å². The average molecular weight is 692 g/mol. The van der Waals surface area contributed by atoms with Crippen molar-refractivity contribution < 1.29 is 23.7 Å². The van der Waals surface area contributed by atoms with E-state index in [0.29, 0.717) is 31.1 Å². The van der Waals surface area contributed by atoms with E-state index in [-0.39, 0.29) is 11.9 Å². The average Bonchev–Trinajstić information content (AvgIpc) is 3.77. The number of hydrazone groups is 1. The van der Waals surface area contributed by atoms with Crippen molar-refractivity contribution >= 4 is 33.2 Å². The van der Waals surface area contributed by atoms with Gasteiger partial charge in [-0.1, -0.05) is 18.2 Å². The van der Waals surface area contributed by atoms with E-state index in [1.165, 1.54) is 4.70 Å². The third kappa shape index (κ3) is 7.78. The van der Waals surface area contributed by atoms with Gasteiger partial charge in [0.2, 0.25) is 5.91 Å². The second-order valence-corrected chi connectivity index (χ2v) is 13.8. The standard InChI is InChI=1S/C41H45N3O5S/c1-26-21-32(24-38(47-6)28(26)3)34-25-35(44(43-34)29(4)45)30-15-18-37(46-5)39(23-30)49-20-12-8-7-11-19-48-36-17-16-31(22-27(36)2)41-42-33-13-9-10-14-40(33)50-41/h9-10,13-18,21-24,35H,7-8,11-12,19-20,25H2,1-6H3. The molecule has 1 aliphatic heterocycles. The van der Waals surface area contributed by atoms with Gasteiger partial charge in [-0.3, -0.25) is 4.79 Å². The molecule has 0 fully saturated rings. The fraction of sp³-hybridized carbons (Fsp3) is 0.341. The Balaban J connectivity index is 0.987. The first-order valence-electron chi connectivity index (χ1n) is 17.2. The van der Waals surface area contributed by atoms with Gasteiger partial charge < -0.3 is 18.9 Å². The van der Waals surface area contributed by atoms with Crippen molar-refractivity contribution in [3.63, 3.8) is 0 Å². The number of para-hydroxylation sites is 1. The fourth-order valence-corrected chi connectivity index (χ4v) is 7.28. The molecule has 0 radical (unpaired) electrons. The normalized spacial score (nSPS) is 14.2. The molecule has 0 spiro atoms. The minimum atomic E-state index is -0.240. The highest BCUT2D eigenvalue weighted by molar-refractivity contribution is 7.21. The highest BCUT2D eigenvalue weighted by Crippen LogP contribution is 2.39. The van der Waals surface area contributed by atoms with Gasteiger partial charge in [0.05, 0.1) is 49.4 Å². The van der Waals surface area contributed by atoms with E-state index in [0.717, 1.165) is 86.8 Å². The van der Waals surface area contributed by atoms with Crippen LogP contribution >= 0.6 is 11.3 Å². The summed E-state index contributed by atoms with van der Waals surface area (Å²) in [5.41, 5.74) is 8.25. The van der Waals surface area contributed by atoms with E-state index in [2.05, 4.69) is 50.2 Å². The number of benzene rings is 4. The highest BCUT2D eigenvalue weighted by Gasteiger charge is 2.32. The molecule has 5 aromatic rings. The quantitative estimate of drug-likeness (QED) is 0.108. The number of hydrogen-bond acceptors (Lipinski definition) is 8. The van der Waals surface area contributed by atoms with Gasteiger partial charge in [0.25, 0.3) is 0 Å². The van der Waals surface area contributed by atoms with Gasteiger partial charge in [0.15, 0.2) is 11.5 Å². The van der Waals surface area contributed by atoms with Crippen LogP contribution in [-0.2, 0) is 4.79 Å². The predicted molar refractivity (Wildman–Crippen MR) is 201 cm³/mol. The van der Waals surface area contributed by atoms with Crippen molar-refractivity contribution in [3.05, 3.63) is 101 Å². The van der Waals surface area contributed by atoms with E-state index < -0.39 is 0 Å². The molecule has 8 nitrogen and oxygen atoms in total. The number of rotatable bonds is 14. The van der Waals surface area contributed by atoms with E-state index in [1.54, 1.807) is 37.5 Å². The lowest BCUT2D eigenvalue weighted by atomic mass is 9.95. The molecule has 2 heterocycles. The molecule has 1 atom stereocenters. The Morgan fingerprint density at radius 1 is 0.780 bits per heavy atom. The van der Waals surface area contributed by atoms with Crippen molar-refractivity contribution in [1.82, 2.24) is 9.99 Å². The number of carbonyl (C=O) groups is 1. The number of carbonyl (C=O) groups excluding carboxylic acids is 1. The Hall–Kier alpha value is -4.89. The monoisotopic (exact) mass is 691 g/mol. The number of unbranched alkanes of at least 4 members (excludes halogenated alkanes) is 3. The molecule has 6 rings (SSSR count). The van der Waals surface area contributed by atoms with Crippen LogP contribution in [0.15, 0.2) is 77.9 Å². The molecule has 0 saturated carbocycles. The predicted octanol–water partition coefficient (Wildman–Crippen LogP) is 9.62. The summed E-state index contributed by atoms with van der Waals surface area (Å²) < 4.78 is 24.8. The van der Waals surface area contributed by atoms with Gasteiger partial charge in [-0.25, -0.2) is 9.99 Å². The maximum Gasteiger partial charge on any atom is 0.240 e. The third-order valence-electron chi connectivity index (χ3n) is 9.25. The number of fused-ring (bicyclic) bond motifs is 1. The zero-order valence-electron chi connectivity index (χ0n) is 29.7. The largest absolute Gasteiger partial charge is 0.496 e. The van der Waals surface area contributed by atoms with E-state index in [9.17, 15) is 4.79 Å². The molecule has 4 aromatic carbocycles.